The Hall–Kier alpha value is -0.870. The van der Waals surface area contributed by atoms with E-state index in [0.717, 1.165) is 9.13 Å². The van der Waals surface area contributed by atoms with Gasteiger partial charge in [-0.25, -0.2) is 0 Å². The Labute approximate surface area is 119 Å². The van der Waals surface area contributed by atoms with Crippen molar-refractivity contribution >= 4 is 40.0 Å². The maximum absolute atomic E-state index is 12.1. The molecule has 17 heavy (non-hydrogen) atoms. The summed E-state index contributed by atoms with van der Waals surface area (Å²) in [6.45, 7) is 0. The Morgan fingerprint density at radius 1 is 1.12 bits per heavy atom. The van der Waals surface area contributed by atoms with Crippen LogP contribution in [0, 0.1) is 3.57 Å². The molecule has 0 aliphatic carbocycles. The highest BCUT2D eigenvalue weighted by molar-refractivity contribution is 14.1. The molecule has 2 aromatic carbocycles. The van der Waals surface area contributed by atoms with E-state index in [1.807, 2.05) is 36.4 Å². The fraction of sp³-hybridized carbons (Fsp3) is 0.0714. The molecular formula is C14H10ClIO. The van der Waals surface area contributed by atoms with E-state index in [-0.39, 0.29) is 5.78 Å². The van der Waals surface area contributed by atoms with Gasteiger partial charge in [0.1, 0.15) is 0 Å². The fourth-order valence-corrected chi connectivity index (χ4v) is 2.40. The minimum Gasteiger partial charge on any atom is -0.294 e. The average molecular weight is 357 g/mol. The molecule has 0 saturated carbocycles. The van der Waals surface area contributed by atoms with Crippen LogP contribution in [0.4, 0.5) is 0 Å². The van der Waals surface area contributed by atoms with Gasteiger partial charge in [-0.3, -0.25) is 4.79 Å². The number of halogens is 2. The van der Waals surface area contributed by atoms with Gasteiger partial charge >= 0.3 is 0 Å². The van der Waals surface area contributed by atoms with E-state index in [2.05, 4.69) is 22.6 Å². The number of carbonyl (C=O) groups is 1. The molecule has 0 saturated heterocycles. The van der Waals surface area contributed by atoms with Crippen molar-refractivity contribution in [2.75, 3.05) is 0 Å². The first-order valence-corrected chi connectivity index (χ1v) is 6.64. The summed E-state index contributed by atoms with van der Waals surface area (Å²) in [4.78, 5) is 12.1. The topological polar surface area (TPSA) is 17.1 Å². The molecule has 1 nitrogen and oxygen atoms in total. The number of ketones is 1. The third-order valence-corrected chi connectivity index (χ3v) is 3.61. The third kappa shape index (κ3) is 3.30. The lowest BCUT2D eigenvalue weighted by Gasteiger charge is -2.04. The lowest BCUT2D eigenvalue weighted by atomic mass is 10.0. The predicted octanol–water partition coefficient (Wildman–Crippen LogP) is 4.37. The second-order valence-electron chi connectivity index (χ2n) is 3.71. The van der Waals surface area contributed by atoms with Gasteiger partial charge in [0, 0.05) is 20.6 Å². The molecule has 2 aromatic rings. The van der Waals surface area contributed by atoms with Gasteiger partial charge in [0.05, 0.1) is 0 Å². The average Bonchev–Trinajstić information content (AvgIpc) is 2.33. The van der Waals surface area contributed by atoms with Gasteiger partial charge in [0.2, 0.25) is 0 Å². The van der Waals surface area contributed by atoms with Crippen molar-refractivity contribution < 1.29 is 4.79 Å². The number of Topliss-reactive ketones (excluding diaryl/α,β-unsaturated/α-hetero) is 1. The lowest BCUT2D eigenvalue weighted by molar-refractivity contribution is 0.0992. The van der Waals surface area contributed by atoms with Crippen LogP contribution in [0.5, 0.6) is 0 Å². The Kier molecular flexibility index (Phi) is 4.18. The van der Waals surface area contributed by atoms with Crippen LogP contribution < -0.4 is 0 Å². The van der Waals surface area contributed by atoms with Crippen LogP contribution in [0.2, 0.25) is 5.02 Å². The minimum atomic E-state index is 0.100. The molecule has 0 fully saturated rings. The van der Waals surface area contributed by atoms with Crippen LogP contribution in [-0.4, -0.2) is 5.78 Å². The normalized spacial score (nSPS) is 10.2. The summed E-state index contributed by atoms with van der Waals surface area (Å²) in [6.07, 6.45) is 0.414. The molecule has 3 heteroatoms. The molecule has 2 rings (SSSR count). The lowest BCUT2D eigenvalue weighted by Crippen LogP contribution is -2.05. The van der Waals surface area contributed by atoms with E-state index < -0.39 is 0 Å². The number of benzene rings is 2. The molecule has 0 unspecified atom stereocenters. The smallest absolute Gasteiger partial charge is 0.168 e. The van der Waals surface area contributed by atoms with E-state index in [4.69, 9.17) is 11.6 Å². The number of hydrogen-bond donors (Lipinski definition) is 0. The molecule has 0 atom stereocenters. The maximum atomic E-state index is 12.1. The molecule has 0 aromatic heterocycles. The molecule has 0 radical (unpaired) electrons. The van der Waals surface area contributed by atoms with Crippen LogP contribution in [0.25, 0.3) is 0 Å². The first-order chi connectivity index (χ1) is 8.16. The molecule has 0 aliphatic rings. The molecule has 0 aliphatic heterocycles. The largest absolute Gasteiger partial charge is 0.294 e. The quantitative estimate of drug-likeness (QED) is 0.589. The monoisotopic (exact) mass is 356 g/mol. The van der Waals surface area contributed by atoms with Gasteiger partial charge in [0.15, 0.2) is 5.78 Å². The summed E-state index contributed by atoms with van der Waals surface area (Å²) in [6, 6.07) is 15.1. The predicted molar refractivity (Wildman–Crippen MR) is 78.6 cm³/mol. The van der Waals surface area contributed by atoms with E-state index in [9.17, 15) is 4.79 Å². The van der Waals surface area contributed by atoms with Crippen molar-refractivity contribution in [3.05, 3.63) is 68.3 Å². The van der Waals surface area contributed by atoms with Gasteiger partial charge in [-0.05, 0) is 46.4 Å². The second kappa shape index (κ2) is 5.65. The number of hydrogen-bond acceptors (Lipinski definition) is 1. The van der Waals surface area contributed by atoms with Crippen LogP contribution in [-0.2, 0) is 6.42 Å². The Bertz CT molecular complexity index is 537. The zero-order chi connectivity index (χ0) is 12.3. The van der Waals surface area contributed by atoms with Gasteiger partial charge in [-0.1, -0.05) is 41.9 Å². The minimum absolute atomic E-state index is 0.100. The maximum Gasteiger partial charge on any atom is 0.168 e. The summed E-state index contributed by atoms with van der Waals surface area (Å²) in [5, 5.41) is 0.599. The first kappa shape index (κ1) is 12.6. The van der Waals surface area contributed by atoms with Crippen molar-refractivity contribution in [1.29, 1.82) is 0 Å². The summed E-state index contributed by atoms with van der Waals surface area (Å²) in [5.41, 5.74) is 1.72. The zero-order valence-electron chi connectivity index (χ0n) is 8.99. The van der Waals surface area contributed by atoms with Gasteiger partial charge in [-0.2, -0.15) is 0 Å². The molecule has 0 amide bonds. The standard InChI is InChI=1S/C14H10ClIO/c15-11-6-7-13(16)12(9-11)14(17)8-10-4-2-1-3-5-10/h1-7,9H,8H2. The molecule has 0 N–H and O–H groups in total. The van der Waals surface area contributed by atoms with Crippen molar-refractivity contribution in [2.45, 2.75) is 6.42 Å². The van der Waals surface area contributed by atoms with Crippen molar-refractivity contribution in [2.24, 2.45) is 0 Å². The van der Waals surface area contributed by atoms with Crippen molar-refractivity contribution in [3.8, 4) is 0 Å². The molecule has 0 bridgehead atoms. The highest BCUT2D eigenvalue weighted by Gasteiger charge is 2.11. The van der Waals surface area contributed by atoms with E-state index >= 15 is 0 Å². The van der Waals surface area contributed by atoms with E-state index in [0.29, 0.717) is 17.0 Å². The van der Waals surface area contributed by atoms with Crippen LogP contribution in [0.15, 0.2) is 48.5 Å². The first-order valence-electron chi connectivity index (χ1n) is 5.19. The van der Waals surface area contributed by atoms with Crippen LogP contribution >= 0.6 is 34.2 Å². The van der Waals surface area contributed by atoms with Crippen LogP contribution in [0.3, 0.4) is 0 Å². The number of carbonyl (C=O) groups excluding carboxylic acids is 1. The van der Waals surface area contributed by atoms with Gasteiger partial charge in [0.25, 0.3) is 0 Å². The van der Waals surface area contributed by atoms with Crippen LogP contribution in [0.1, 0.15) is 15.9 Å². The van der Waals surface area contributed by atoms with Crippen molar-refractivity contribution in [3.63, 3.8) is 0 Å². The Morgan fingerprint density at radius 2 is 1.82 bits per heavy atom. The van der Waals surface area contributed by atoms with E-state index in [1.54, 1.807) is 12.1 Å². The highest BCUT2D eigenvalue weighted by atomic mass is 127. The molecule has 0 heterocycles. The highest BCUT2D eigenvalue weighted by Crippen LogP contribution is 2.19. The Morgan fingerprint density at radius 3 is 2.53 bits per heavy atom. The number of rotatable bonds is 3. The molecular weight excluding hydrogens is 347 g/mol. The summed E-state index contributed by atoms with van der Waals surface area (Å²) >= 11 is 8.06. The molecule has 0 spiro atoms. The second-order valence-corrected chi connectivity index (χ2v) is 5.31. The molecule has 86 valence electrons. The zero-order valence-corrected chi connectivity index (χ0v) is 11.9. The summed E-state index contributed by atoms with van der Waals surface area (Å²) in [5.74, 6) is 0.100. The SMILES string of the molecule is O=C(Cc1ccccc1)c1cc(Cl)ccc1I. The third-order valence-electron chi connectivity index (χ3n) is 2.44. The summed E-state index contributed by atoms with van der Waals surface area (Å²) < 4.78 is 0.938. The van der Waals surface area contributed by atoms with Gasteiger partial charge in [-0.15, -0.1) is 0 Å². The summed E-state index contributed by atoms with van der Waals surface area (Å²) in [7, 11) is 0. The fourth-order valence-electron chi connectivity index (χ4n) is 1.59. The van der Waals surface area contributed by atoms with Crippen molar-refractivity contribution in [1.82, 2.24) is 0 Å². The van der Waals surface area contributed by atoms with Gasteiger partial charge < -0.3 is 0 Å². The Balaban J connectivity index is 2.23. The van der Waals surface area contributed by atoms with E-state index in [1.165, 1.54) is 0 Å².